The van der Waals surface area contributed by atoms with E-state index < -0.39 is 23.4 Å². The molecule has 1 aromatic carbocycles. The molecule has 0 unspecified atom stereocenters. The molecule has 1 heterocycles. The number of rotatable bonds is 3. The van der Waals surface area contributed by atoms with Crippen molar-refractivity contribution in [3.8, 4) is 0 Å². The van der Waals surface area contributed by atoms with Crippen molar-refractivity contribution in [2.24, 2.45) is 5.73 Å². The highest BCUT2D eigenvalue weighted by molar-refractivity contribution is 6.21. The molecule has 6 heteroatoms. The van der Waals surface area contributed by atoms with E-state index in [1.165, 1.54) is 0 Å². The summed E-state index contributed by atoms with van der Waals surface area (Å²) in [5.41, 5.74) is 5.10. The third kappa shape index (κ3) is 1.80. The van der Waals surface area contributed by atoms with Crippen molar-refractivity contribution in [3.63, 3.8) is 0 Å². The van der Waals surface area contributed by atoms with Crippen LogP contribution in [0.3, 0.4) is 0 Å². The smallest absolute Gasteiger partial charge is 0.261 e. The average molecular weight is 240 g/mol. The second kappa shape index (κ2) is 4.21. The normalized spacial score (nSPS) is 14.4. The van der Waals surface area contributed by atoms with Crippen LogP contribution in [0.15, 0.2) is 12.1 Å². The van der Waals surface area contributed by atoms with Crippen molar-refractivity contribution in [1.29, 1.82) is 0 Å². The maximum atomic E-state index is 13.0. The molecule has 0 saturated heterocycles. The summed E-state index contributed by atoms with van der Waals surface area (Å²) in [6.07, 6.45) is 0.455. The van der Waals surface area contributed by atoms with Gasteiger partial charge in [-0.25, -0.2) is 8.78 Å². The Morgan fingerprint density at radius 2 is 1.53 bits per heavy atom. The first-order valence-electron chi connectivity index (χ1n) is 5.11. The highest BCUT2D eigenvalue weighted by Gasteiger charge is 2.36. The molecule has 2 amide bonds. The van der Waals surface area contributed by atoms with E-state index in [0.717, 1.165) is 17.0 Å². The van der Waals surface area contributed by atoms with Crippen molar-refractivity contribution >= 4 is 11.8 Å². The Labute approximate surface area is 96.0 Å². The van der Waals surface area contributed by atoms with Gasteiger partial charge in [0.05, 0.1) is 11.1 Å². The molecule has 0 bridgehead atoms. The number of benzene rings is 1. The second-order valence-corrected chi connectivity index (χ2v) is 3.72. The minimum absolute atomic E-state index is 0.0917. The van der Waals surface area contributed by atoms with E-state index in [1.807, 2.05) is 0 Å². The van der Waals surface area contributed by atoms with E-state index in [2.05, 4.69) is 0 Å². The van der Waals surface area contributed by atoms with Gasteiger partial charge in [-0.1, -0.05) is 0 Å². The summed E-state index contributed by atoms with van der Waals surface area (Å²) in [5, 5.41) is 0. The van der Waals surface area contributed by atoms with Gasteiger partial charge in [-0.2, -0.15) is 0 Å². The predicted molar refractivity (Wildman–Crippen MR) is 55.4 cm³/mol. The second-order valence-electron chi connectivity index (χ2n) is 3.72. The first-order chi connectivity index (χ1) is 8.06. The Balaban J connectivity index is 2.39. The summed E-state index contributed by atoms with van der Waals surface area (Å²) in [4.78, 5) is 24.5. The summed E-state index contributed by atoms with van der Waals surface area (Å²) in [6, 6.07) is 1.51. The minimum atomic E-state index is -1.13. The summed E-state index contributed by atoms with van der Waals surface area (Å²) in [5.74, 6) is -3.47. The summed E-state index contributed by atoms with van der Waals surface area (Å²) in [7, 11) is 0. The van der Waals surface area contributed by atoms with Crippen molar-refractivity contribution in [2.45, 2.75) is 6.42 Å². The molecule has 1 aliphatic heterocycles. The molecule has 0 aromatic heterocycles. The van der Waals surface area contributed by atoms with Crippen LogP contribution in [0.5, 0.6) is 0 Å². The zero-order valence-corrected chi connectivity index (χ0v) is 8.87. The highest BCUT2D eigenvalue weighted by Crippen LogP contribution is 2.25. The van der Waals surface area contributed by atoms with Gasteiger partial charge in [0.25, 0.3) is 11.8 Å². The third-order valence-corrected chi connectivity index (χ3v) is 2.60. The van der Waals surface area contributed by atoms with Gasteiger partial charge in [0.2, 0.25) is 0 Å². The molecule has 2 N–H and O–H groups in total. The van der Waals surface area contributed by atoms with Gasteiger partial charge >= 0.3 is 0 Å². The summed E-state index contributed by atoms with van der Waals surface area (Å²) in [6.45, 7) is 0.488. The first kappa shape index (κ1) is 11.7. The number of nitrogens with zero attached hydrogens (tertiary/aromatic N) is 1. The minimum Gasteiger partial charge on any atom is -0.330 e. The van der Waals surface area contributed by atoms with Crippen LogP contribution in [-0.4, -0.2) is 29.8 Å². The Kier molecular flexibility index (Phi) is 2.89. The lowest BCUT2D eigenvalue weighted by atomic mass is 10.1. The van der Waals surface area contributed by atoms with E-state index >= 15 is 0 Å². The van der Waals surface area contributed by atoms with Gasteiger partial charge in [-0.3, -0.25) is 14.5 Å². The van der Waals surface area contributed by atoms with Gasteiger partial charge in [0.15, 0.2) is 11.6 Å². The number of imide groups is 1. The third-order valence-electron chi connectivity index (χ3n) is 2.60. The van der Waals surface area contributed by atoms with E-state index in [4.69, 9.17) is 5.73 Å². The van der Waals surface area contributed by atoms with Gasteiger partial charge in [0.1, 0.15) is 0 Å². The van der Waals surface area contributed by atoms with E-state index in [0.29, 0.717) is 13.0 Å². The van der Waals surface area contributed by atoms with Crippen LogP contribution >= 0.6 is 0 Å². The number of fused-ring (bicyclic) bond motifs is 1. The molecule has 2 rings (SSSR count). The average Bonchev–Trinajstić information content (AvgIpc) is 2.51. The molecule has 1 aliphatic rings. The van der Waals surface area contributed by atoms with Crippen LogP contribution in [0.1, 0.15) is 27.1 Å². The van der Waals surface area contributed by atoms with Crippen LogP contribution < -0.4 is 5.73 Å². The topological polar surface area (TPSA) is 63.4 Å². The van der Waals surface area contributed by atoms with Crippen molar-refractivity contribution < 1.29 is 18.4 Å². The van der Waals surface area contributed by atoms with E-state index in [-0.39, 0.29) is 17.7 Å². The Morgan fingerprint density at radius 1 is 1.06 bits per heavy atom. The fourth-order valence-electron chi connectivity index (χ4n) is 1.74. The molecule has 0 saturated carbocycles. The Bertz CT molecular complexity index is 461. The Hall–Kier alpha value is -1.82. The number of amides is 2. The molecular formula is C11H10F2N2O2. The van der Waals surface area contributed by atoms with Crippen LogP contribution in [-0.2, 0) is 0 Å². The molecular weight excluding hydrogens is 230 g/mol. The molecule has 0 fully saturated rings. The largest absolute Gasteiger partial charge is 0.330 e. The number of hydrogen-bond donors (Lipinski definition) is 1. The van der Waals surface area contributed by atoms with Gasteiger partial charge in [-0.05, 0) is 25.1 Å². The quantitative estimate of drug-likeness (QED) is 0.799. The fourth-order valence-corrected chi connectivity index (χ4v) is 1.74. The molecule has 0 radical (unpaired) electrons. The standard InChI is InChI=1S/C11H10F2N2O2/c12-8-4-6-7(5-9(8)13)11(17)15(10(6)16)3-1-2-14/h4-5H,1-3,14H2. The SMILES string of the molecule is NCCCN1C(=O)c2cc(F)c(F)cc2C1=O. The first-order valence-corrected chi connectivity index (χ1v) is 5.11. The van der Waals surface area contributed by atoms with E-state index in [9.17, 15) is 18.4 Å². The van der Waals surface area contributed by atoms with E-state index in [1.54, 1.807) is 0 Å². The van der Waals surface area contributed by atoms with Crippen molar-refractivity contribution in [2.75, 3.05) is 13.1 Å². The van der Waals surface area contributed by atoms with Gasteiger partial charge in [-0.15, -0.1) is 0 Å². The molecule has 4 nitrogen and oxygen atoms in total. The molecule has 0 spiro atoms. The fraction of sp³-hybridized carbons (Fsp3) is 0.273. The number of nitrogens with two attached hydrogens (primary N) is 1. The highest BCUT2D eigenvalue weighted by atomic mass is 19.2. The molecule has 0 aliphatic carbocycles. The number of hydrogen-bond acceptors (Lipinski definition) is 3. The molecule has 1 aromatic rings. The monoisotopic (exact) mass is 240 g/mol. The van der Waals surface area contributed by atoms with Crippen molar-refractivity contribution in [3.05, 3.63) is 34.9 Å². The van der Waals surface area contributed by atoms with Crippen LogP contribution in [0, 0.1) is 11.6 Å². The number of halogens is 2. The van der Waals surface area contributed by atoms with Crippen LogP contribution in [0.4, 0.5) is 8.78 Å². The Morgan fingerprint density at radius 3 is 1.94 bits per heavy atom. The number of carbonyl (C=O) groups excluding carboxylic acids is 2. The molecule has 90 valence electrons. The summed E-state index contributed by atoms with van der Waals surface area (Å²) < 4.78 is 26.0. The molecule has 17 heavy (non-hydrogen) atoms. The lowest BCUT2D eigenvalue weighted by molar-refractivity contribution is 0.0653. The van der Waals surface area contributed by atoms with Gasteiger partial charge in [0, 0.05) is 6.54 Å². The van der Waals surface area contributed by atoms with Crippen LogP contribution in [0.2, 0.25) is 0 Å². The zero-order chi connectivity index (χ0) is 12.6. The predicted octanol–water partition coefficient (Wildman–Crippen LogP) is 0.910. The zero-order valence-electron chi connectivity index (χ0n) is 8.87. The lowest BCUT2D eigenvalue weighted by Crippen LogP contribution is -2.31. The molecule has 0 atom stereocenters. The maximum absolute atomic E-state index is 13.0. The van der Waals surface area contributed by atoms with Crippen LogP contribution in [0.25, 0.3) is 0 Å². The lowest BCUT2D eigenvalue weighted by Gasteiger charge is -2.12. The van der Waals surface area contributed by atoms with Crippen molar-refractivity contribution in [1.82, 2.24) is 4.90 Å². The maximum Gasteiger partial charge on any atom is 0.261 e. The van der Waals surface area contributed by atoms with Gasteiger partial charge < -0.3 is 5.73 Å². The number of carbonyl (C=O) groups is 2. The summed E-state index contributed by atoms with van der Waals surface area (Å²) >= 11 is 0.